The Balaban J connectivity index is 1.58. The summed E-state index contributed by atoms with van der Waals surface area (Å²) in [5.41, 5.74) is 8.30. The van der Waals surface area contributed by atoms with Crippen LogP contribution in [-0.2, 0) is 16.1 Å². The molecule has 8 heteroatoms. The molecule has 0 radical (unpaired) electrons. The first-order valence-corrected chi connectivity index (χ1v) is 9.35. The Bertz CT molecular complexity index is 866. The molecular weight excluding hydrogens is 380 g/mol. The third-order valence-corrected chi connectivity index (χ3v) is 4.57. The van der Waals surface area contributed by atoms with Gasteiger partial charge in [0.2, 0.25) is 0 Å². The van der Waals surface area contributed by atoms with Gasteiger partial charge in [0.25, 0.3) is 5.91 Å². The van der Waals surface area contributed by atoms with Crippen molar-refractivity contribution >= 4 is 34.8 Å². The SMILES string of the molecule is COc1ccc(NC(N)=NCc2cccc(NC(=O)C3CCCO3)c2)cc1Cl. The van der Waals surface area contributed by atoms with Crippen LogP contribution in [0, 0.1) is 0 Å². The summed E-state index contributed by atoms with van der Waals surface area (Å²) in [6.07, 6.45) is 1.31. The summed E-state index contributed by atoms with van der Waals surface area (Å²) in [7, 11) is 1.56. The number of ether oxygens (including phenoxy) is 2. The quantitative estimate of drug-likeness (QED) is 0.508. The third-order valence-electron chi connectivity index (χ3n) is 4.27. The molecule has 1 heterocycles. The fraction of sp³-hybridized carbons (Fsp3) is 0.300. The zero-order valence-corrected chi connectivity index (χ0v) is 16.3. The van der Waals surface area contributed by atoms with Gasteiger partial charge in [0, 0.05) is 18.0 Å². The van der Waals surface area contributed by atoms with Crippen LogP contribution in [0.4, 0.5) is 11.4 Å². The fourth-order valence-corrected chi connectivity index (χ4v) is 3.12. The fourth-order valence-electron chi connectivity index (χ4n) is 2.86. The van der Waals surface area contributed by atoms with Crippen molar-refractivity contribution in [3.8, 4) is 5.75 Å². The van der Waals surface area contributed by atoms with E-state index < -0.39 is 0 Å². The van der Waals surface area contributed by atoms with E-state index in [1.54, 1.807) is 25.3 Å². The molecule has 4 N–H and O–H groups in total. The van der Waals surface area contributed by atoms with E-state index in [0.717, 1.165) is 18.4 Å². The van der Waals surface area contributed by atoms with Crippen molar-refractivity contribution in [2.24, 2.45) is 10.7 Å². The first-order valence-electron chi connectivity index (χ1n) is 8.97. The lowest BCUT2D eigenvalue weighted by Crippen LogP contribution is -2.26. The summed E-state index contributed by atoms with van der Waals surface area (Å²) >= 11 is 6.10. The molecule has 0 spiro atoms. The largest absolute Gasteiger partial charge is 0.495 e. The standard InChI is InChI=1S/C20H23ClN4O3/c1-27-17-8-7-15(11-16(17)21)25-20(22)23-12-13-4-2-5-14(10-13)24-19(26)18-6-3-9-28-18/h2,4-5,7-8,10-11,18H,3,6,9,12H2,1H3,(H,24,26)(H3,22,23,25). The van der Waals surface area contributed by atoms with E-state index in [-0.39, 0.29) is 18.0 Å². The molecule has 0 aromatic heterocycles. The van der Waals surface area contributed by atoms with Gasteiger partial charge in [-0.1, -0.05) is 23.7 Å². The number of amides is 1. The van der Waals surface area contributed by atoms with Crippen molar-refractivity contribution in [2.75, 3.05) is 24.4 Å². The predicted octanol–water partition coefficient (Wildman–Crippen LogP) is 3.39. The molecule has 148 valence electrons. The molecular formula is C20H23ClN4O3. The Kier molecular flexibility index (Phi) is 6.73. The minimum atomic E-state index is -0.363. The molecule has 1 fully saturated rings. The number of hydrogen-bond acceptors (Lipinski definition) is 4. The average Bonchev–Trinajstić information content (AvgIpc) is 3.22. The summed E-state index contributed by atoms with van der Waals surface area (Å²) in [6.45, 7) is 1.00. The molecule has 1 atom stereocenters. The molecule has 0 aliphatic carbocycles. The van der Waals surface area contributed by atoms with Crippen LogP contribution in [0.1, 0.15) is 18.4 Å². The second-order valence-corrected chi connectivity index (χ2v) is 6.77. The molecule has 2 aromatic carbocycles. The normalized spacial score (nSPS) is 16.6. The molecule has 7 nitrogen and oxygen atoms in total. The van der Waals surface area contributed by atoms with Crippen molar-refractivity contribution in [1.29, 1.82) is 0 Å². The lowest BCUT2D eigenvalue weighted by Gasteiger charge is -2.11. The summed E-state index contributed by atoms with van der Waals surface area (Å²) in [5.74, 6) is 0.732. The number of hydrogen-bond donors (Lipinski definition) is 3. The van der Waals surface area contributed by atoms with Crippen LogP contribution >= 0.6 is 11.6 Å². The van der Waals surface area contributed by atoms with E-state index in [4.69, 9.17) is 26.8 Å². The molecule has 1 aliphatic heterocycles. The van der Waals surface area contributed by atoms with Gasteiger partial charge in [-0.25, -0.2) is 4.99 Å². The van der Waals surface area contributed by atoms with Gasteiger partial charge in [-0.3, -0.25) is 4.79 Å². The van der Waals surface area contributed by atoms with Gasteiger partial charge in [0.1, 0.15) is 11.9 Å². The van der Waals surface area contributed by atoms with Crippen molar-refractivity contribution in [3.63, 3.8) is 0 Å². The summed E-state index contributed by atoms with van der Waals surface area (Å²) in [5, 5.41) is 6.35. The Morgan fingerprint density at radius 1 is 1.29 bits per heavy atom. The molecule has 3 rings (SSSR count). The number of anilines is 2. The maximum absolute atomic E-state index is 12.2. The number of rotatable bonds is 6. The highest BCUT2D eigenvalue weighted by Gasteiger charge is 2.23. The minimum absolute atomic E-state index is 0.115. The summed E-state index contributed by atoms with van der Waals surface area (Å²) in [6, 6.07) is 12.7. The van der Waals surface area contributed by atoms with Gasteiger partial charge in [-0.2, -0.15) is 0 Å². The highest BCUT2D eigenvalue weighted by molar-refractivity contribution is 6.32. The lowest BCUT2D eigenvalue weighted by molar-refractivity contribution is -0.124. The van der Waals surface area contributed by atoms with Crippen LogP contribution in [0.5, 0.6) is 5.75 Å². The third kappa shape index (κ3) is 5.37. The number of halogens is 1. The maximum atomic E-state index is 12.2. The van der Waals surface area contributed by atoms with Crippen LogP contribution < -0.4 is 21.1 Å². The average molecular weight is 403 g/mol. The summed E-state index contributed by atoms with van der Waals surface area (Å²) < 4.78 is 10.5. The van der Waals surface area contributed by atoms with Crippen molar-refractivity contribution < 1.29 is 14.3 Å². The number of methoxy groups -OCH3 is 1. The van der Waals surface area contributed by atoms with E-state index in [1.165, 1.54) is 0 Å². The van der Waals surface area contributed by atoms with E-state index in [9.17, 15) is 4.79 Å². The smallest absolute Gasteiger partial charge is 0.253 e. The molecule has 1 amide bonds. The van der Waals surface area contributed by atoms with E-state index in [1.807, 2.05) is 24.3 Å². The highest BCUT2D eigenvalue weighted by Crippen LogP contribution is 2.27. The number of nitrogens with two attached hydrogens (primary N) is 1. The van der Waals surface area contributed by atoms with Crippen LogP contribution in [0.25, 0.3) is 0 Å². The molecule has 1 aliphatic rings. The molecule has 0 bridgehead atoms. The topological polar surface area (TPSA) is 98.0 Å². The highest BCUT2D eigenvalue weighted by atomic mass is 35.5. The monoisotopic (exact) mass is 402 g/mol. The zero-order valence-electron chi connectivity index (χ0n) is 15.6. The Labute approximate surface area is 168 Å². The van der Waals surface area contributed by atoms with Gasteiger partial charge in [-0.05, 0) is 48.7 Å². The second-order valence-electron chi connectivity index (χ2n) is 6.37. The predicted molar refractivity (Wildman–Crippen MR) is 111 cm³/mol. The van der Waals surface area contributed by atoms with Gasteiger partial charge in [0.05, 0.1) is 18.7 Å². The molecule has 2 aromatic rings. The number of carbonyl (C=O) groups is 1. The molecule has 0 saturated carbocycles. The zero-order chi connectivity index (χ0) is 19.9. The minimum Gasteiger partial charge on any atom is -0.495 e. The lowest BCUT2D eigenvalue weighted by atomic mass is 10.2. The first kappa shape index (κ1) is 20.0. The Morgan fingerprint density at radius 3 is 2.82 bits per heavy atom. The number of guanidine groups is 1. The number of nitrogens with zero attached hydrogens (tertiary/aromatic N) is 1. The van der Waals surface area contributed by atoms with Crippen molar-refractivity contribution in [3.05, 3.63) is 53.1 Å². The summed E-state index contributed by atoms with van der Waals surface area (Å²) in [4.78, 5) is 16.5. The van der Waals surface area contributed by atoms with Crippen LogP contribution in [0.15, 0.2) is 47.5 Å². The molecule has 1 saturated heterocycles. The van der Waals surface area contributed by atoms with Crippen LogP contribution in [0.3, 0.4) is 0 Å². The second kappa shape index (κ2) is 9.43. The number of aliphatic imine (C=N–C) groups is 1. The van der Waals surface area contributed by atoms with Gasteiger partial charge in [-0.15, -0.1) is 0 Å². The molecule has 1 unspecified atom stereocenters. The maximum Gasteiger partial charge on any atom is 0.253 e. The van der Waals surface area contributed by atoms with E-state index in [2.05, 4.69) is 15.6 Å². The van der Waals surface area contributed by atoms with Crippen molar-refractivity contribution in [2.45, 2.75) is 25.5 Å². The van der Waals surface area contributed by atoms with E-state index in [0.29, 0.717) is 35.3 Å². The van der Waals surface area contributed by atoms with Crippen LogP contribution in [0.2, 0.25) is 5.02 Å². The molecule has 28 heavy (non-hydrogen) atoms. The number of carbonyl (C=O) groups excluding carboxylic acids is 1. The number of nitrogens with one attached hydrogen (secondary N) is 2. The van der Waals surface area contributed by atoms with Gasteiger partial charge < -0.3 is 25.8 Å². The Hall–Kier alpha value is -2.77. The van der Waals surface area contributed by atoms with Gasteiger partial charge in [0.15, 0.2) is 5.96 Å². The van der Waals surface area contributed by atoms with Crippen LogP contribution in [-0.4, -0.2) is 31.7 Å². The van der Waals surface area contributed by atoms with Gasteiger partial charge >= 0.3 is 0 Å². The number of benzene rings is 2. The Morgan fingerprint density at radius 2 is 2.11 bits per heavy atom. The van der Waals surface area contributed by atoms with Crippen molar-refractivity contribution in [1.82, 2.24) is 0 Å². The van der Waals surface area contributed by atoms with E-state index >= 15 is 0 Å². The first-order chi connectivity index (χ1) is 13.5.